The van der Waals surface area contributed by atoms with Gasteiger partial charge in [0.25, 0.3) is 5.91 Å². The summed E-state index contributed by atoms with van der Waals surface area (Å²) in [7, 11) is -3.37. The van der Waals surface area contributed by atoms with Crippen LogP contribution in [0.1, 0.15) is 32.9 Å². The van der Waals surface area contributed by atoms with Gasteiger partial charge >= 0.3 is 0 Å². The summed E-state index contributed by atoms with van der Waals surface area (Å²) in [4.78, 5) is 17.0. The van der Waals surface area contributed by atoms with Crippen LogP contribution in [0, 0.1) is 20.8 Å². The minimum Gasteiger partial charge on any atom is -0.348 e. The predicted octanol–water partition coefficient (Wildman–Crippen LogP) is 2.53. The lowest BCUT2D eigenvalue weighted by Crippen LogP contribution is -2.24. The van der Waals surface area contributed by atoms with E-state index in [0.717, 1.165) is 23.2 Å². The molecule has 0 aliphatic carbocycles. The van der Waals surface area contributed by atoms with Gasteiger partial charge in [-0.3, -0.25) is 4.79 Å². The van der Waals surface area contributed by atoms with E-state index in [-0.39, 0.29) is 17.3 Å². The van der Waals surface area contributed by atoms with Crippen LogP contribution in [0.4, 0.5) is 0 Å². The van der Waals surface area contributed by atoms with Gasteiger partial charge in [0.05, 0.1) is 10.6 Å². The summed E-state index contributed by atoms with van der Waals surface area (Å²) < 4.78 is 25.2. The summed E-state index contributed by atoms with van der Waals surface area (Å²) in [6.45, 7) is 5.94. The molecule has 146 valence electrons. The molecule has 0 unspecified atom stereocenters. The zero-order chi connectivity index (χ0) is 20.5. The Balaban J connectivity index is 1.72. The molecule has 2 aromatic heterocycles. The van der Waals surface area contributed by atoms with Crippen LogP contribution in [0.3, 0.4) is 0 Å². The quantitative estimate of drug-likeness (QED) is 0.713. The summed E-state index contributed by atoms with van der Waals surface area (Å²) in [5, 5.41) is 7.21. The highest BCUT2D eigenvalue weighted by atomic mass is 32.2. The maximum Gasteiger partial charge on any atom is 0.251 e. The normalized spacial score (nSPS) is 11.4. The number of hydrogen-bond donors (Lipinski definition) is 1. The summed E-state index contributed by atoms with van der Waals surface area (Å²) in [6, 6.07) is 10.2. The van der Waals surface area contributed by atoms with Crippen molar-refractivity contribution in [3.63, 3.8) is 0 Å². The van der Waals surface area contributed by atoms with Crippen molar-refractivity contribution in [2.24, 2.45) is 0 Å². The smallest absolute Gasteiger partial charge is 0.251 e. The molecule has 0 fully saturated rings. The van der Waals surface area contributed by atoms with Gasteiger partial charge in [-0.1, -0.05) is 12.1 Å². The van der Waals surface area contributed by atoms with E-state index in [0.29, 0.717) is 16.9 Å². The molecule has 0 radical (unpaired) electrons. The van der Waals surface area contributed by atoms with Gasteiger partial charge in [-0.25, -0.2) is 18.1 Å². The van der Waals surface area contributed by atoms with Crippen LogP contribution in [-0.4, -0.2) is 35.3 Å². The van der Waals surface area contributed by atoms with Crippen LogP contribution in [0.5, 0.6) is 0 Å². The van der Waals surface area contributed by atoms with E-state index in [2.05, 4.69) is 15.4 Å². The molecule has 0 atom stereocenters. The van der Waals surface area contributed by atoms with Crippen molar-refractivity contribution in [3.05, 3.63) is 70.7 Å². The number of nitrogens with one attached hydrogen (secondary N) is 1. The second-order valence-electron chi connectivity index (χ2n) is 6.80. The molecule has 7 nitrogen and oxygen atoms in total. The Labute approximate surface area is 164 Å². The van der Waals surface area contributed by atoms with Crippen molar-refractivity contribution in [1.82, 2.24) is 20.1 Å². The van der Waals surface area contributed by atoms with Crippen molar-refractivity contribution in [3.8, 4) is 5.82 Å². The minimum absolute atomic E-state index is 0.124. The molecule has 1 N–H and O–H groups in total. The van der Waals surface area contributed by atoms with Crippen LogP contribution in [-0.2, 0) is 16.4 Å². The zero-order valence-electron chi connectivity index (χ0n) is 16.2. The lowest BCUT2D eigenvalue weighted by atomic mass is 10.1. The van der Waals surface area contributed by atoms with Crippen LogP contribution in [0.15, 0.2) is 47.5 Å². The molecule has 3 aromatic rings. The van der Waals surface area contributed by atoms with Gasteiger partial charge in [0, 0.05) is 30.3 Å². The van der Waals surface area contributed by atoms with Gasteiger partial charge in [-0.15, -0.1) is 0 Å². The molecule has 28 heavy (non-hydrogen) atoms. The average molecular weight is 398 g/mol. The highest BCUT2D eigenvalue weighted by Gasteiger charge is 2.14. The molecule has 0 saturated heterocycles. The first-order valence-electron chi connectivity index (χ1n) is 8.72. The molecule has 0 saturated carbocycles. The second-order valence-corrected chi connectivity index (χ2v) is 8.81. The fourth-order valence-corrected chi connectivity index (χ4v) is 3.51. The lowest BCUT2D eigenvalue weighted by Gasteiger charge is -2.10. The molecule has 8 heteroatoms. The Morgan fingerprint density at radius 1 is 1.11 bits per heavy atom. The van der Waals surface area contributed by atoms with E-state index < -0.39 is 9.84 Å². The Hall–Kier alpha value is -3.00. The monoisotopic (exact) mass is 398 g/mol. The van der Waals surface area contributed by atoms with Gasteiger partial charge in [0.1, 0.15) is 0 Å². The topological polar surface area (TPSA) is 94.0 Å². The maximum absolute atomic E-state index is 12.5. The Kier molecular flexibility index (Phi) is 5.33. The summed E-state index contributed by atoms with van der Waals surface area (Å²) in [5.74, 6) is 0.378. The Bertz CT molecular complexity index is 1130. The molecular weight excluding hydrogens is 376 g/mol. The predicted molar refractivity (Wildman–Crippen MR) is 106 cm³/mol. The fraction of sp³-hybridized carbons (Fsp3) is 0.250. The number of sulfone groups is 1. The van der Waals surface area contributed by atoms with Crippen molar-refractivity contribution in [2.45, 2.75) is 32.2 Å². The second kappa shape index (κ2) is 7.55. The molecule has 2 heterocycles. The molecule has 0 aliphatic heterocycles. The van der Waals surface area contributed by atoms with E-state index in [1.165, 1.54) is 12.1 Å². The lowest BCUT2D eigenvalue weighted by molar-refractivity contribution is 0.0950. The first-order chi connectivity index (χ1) is 13.1. The van der Waals surface area contributed by atoms with Crippen LogP contribution < -0.4 is 5.32 Å². The number of hydrogen-bond acceptors (Lipinski definition) is 5. The van der Waals surface area contributed by atoms with Gasteiger partial charge < -0.3 is 5.32 Å². The number of pyridine rings is 1. The third-order valence-corrected chi connectivity index (χ3v) is 5.48. The number of carbonyl (C=O) groups is 1. The minimum atomic E-state index is -3.37. The van der Waals surface area contributed by atoms with Crippen molar-refractivity contribution >= 4 is 15.7 Å². The number of nitrogens with zero attached hydrogens (tertiary/aromatic N) is 3. The largest absolute Gasteiger partial charge is 0.348 e. The summed E-state index contributed by atoms with van der Waals surface area (Å²) in [6.07, 6.45) is 2.81. The molecular formula is C20H22N4O3S. The first-order valence-corrected chi connectivity index (χ1v) is 10.6. The third kappa shape index (κ3) is 4.28. The first kappa shape index (κ1) is 19.8. The van der Waals surface area contributed by atoms with E-state index in [4.69, 9.17) is 0 Å². The van der Waals surface area contributed by atoms with Gasteiger partial charge in [0.2, 0.25) is 0 Å². The molecule has 3 rings (SSSR count). The van der Waals surface area contributed by atoms with E-state index in [1.54, 1.807) is 23.9 Å². The highest BCUT2D eigenvalue weighted by molar-refractivity contribution is 7.90. The molecule has 0 spiro atoms. The average Bonchev–Trinajstić information content (AvgIpc) is 2.97. The fourth-order valence-electron chi connectivity index (χ4n) is 2.86. The Morgan fingerprint density at radius 3 is 2.43 bits per heavy atom. The van der Waals surface area contributed by atoms with Crippen molar-refractivity contribution in [2.75, 3.05) is 6.26 Å². The number of aromatic nitrogens is 3. The summed E-state index contributed by atoms with van der Waals surface area (Å²) in [5.41, 5.74) is 3.79. The van der Waals surface area contributed by atoms with Gasteiger partial charge in [-0.05, 0) is 56.2 Å². The molecule has 0 bridgehead atoms. The molecule has 1 amide bonds. The Morgan fingerprint density at radius 2 is 1.86 bits per heavy atom. The molecule has 1 aromatic carbocycles. The number of amides is 1. The van der Waals surface area contributed by atoms with Crippen LogP contribution >= 0.6 is 0 Å². The molecule has 0 aliphatic rings. The standard InChI is InChI=1S/C20H22N4O3S/c1-13-5-7-17(28(4,26)27)10-18(13)20(25)22-12-16-6-8-19(21-11-16)24-15(3)9-14(2)23-24/h5-11H,12H2,1-4H3,(H,22,25). The van der Waals surface area contributed by atoms with Crippen molar-refractivity contribution in [1.29, 1.82) is 0 Å². The summed E-state index contributed by atoms with van der Waals surface area (Å²) >= 11 is 0. The number of rotatable bonds is 5. The number of carbonyl (C=O) groups excluding carboxylic acids is 1. The highest BCUT2D eigenvalue weighted by Crippen LogP contribution is 2.16. The van der Waals surface area contributed by atoms with Gasteiger partial charge in [-0.2, -0.15) is 5.10 Å². The van der Waals surface area contributed by atoms with E-state index in [1.807, 2.05) is 32.0 Å². The van der Waals surface area contributed by atoms with Crippen LogP contribution in [0.2, 0.25) is 0 Å². The SMILES string of the molecule is Cc1cc(C)n(-c2ccc(CNC(=O)c3cc(S(C)(=O)=O)ccc3C)cn2)n1. The maximum atomic E-state index is 12.5. The van der Waals surface area contributed by atoms with Crippen LogP contribution in [0.25, 0.3) is 5.82 Å². The van der Waals surface area contributed by atoms with Crippen molar-refractivity contribution < 1.29 is 13.2 Å². The number of benzene rings is 1. The van der Waals surface area contributed by atoms with E-state index in [9.17, 15) is 13.2 Å². The zero-order valence-corrected chi connectivity index (χ0v) is 17.0. The third-order valence-electron chi connectivity index (χ3n) is 4.37. The van der Waals surface area contributed by atoms with Gasteiger partial charge in [0.15, 0.2) is 15.7 Å². The van der Waals surface area contributed by atoms with E-state index >= 15 is 0 Å². The number of aryl methyl sites for hydroxylation is 3.